The van der Waals surface area contributed by atoms with Crippen LogP contribution in [0.3, 0.4) is 0 Å². The number of rotatable bonds is 1. The largest absolute Gasteiger partial charge is 0.226 e. The van der Waals surface area contributed by atoms with Gasteiger partial charge in [-0.1, -0.05) is 36.4 Å². The van der Waals surface area contributed by atoms with Gasteiger partial charge in [-0.2, -0.15) is 5.26 Å². The lowest BCUT2D eigenvalue weighted by atomic mass is 10.1. The number of benzene rings is 2. The summed E-state index contributed by atoms with van der Waals surface area (Å²) < 4.78 is 0. The van der Waals surface area contributed by atoms with E-state index in [-0.39, 0.29) is 0 Å². The maximum atomic E-state index is 8.77. The second-order valence-electron chi connectivity index (χ2n) is 3.71. The van der Waals surface area contributed by atoms with E-state index in [0.717, 1.165) is 11.3 Å². The molecule has 0 amide bonds. The third-order valence-electron chi connectivity index (χ3n) is 2.65. The lowest BCUT2D eigenvalue weighted by Crippen LogP contribution is -1.79. The third kappa shape index (κ3) is 1.79. The first kappa shape index (κ1) is 10.0. The van der Waals surface area contributed by atoms with Crippen molar-refractivity contribution in [1.82, 2.24) is 4.98 Å². The van der Waals surface area contributed by atoms with Gasteiger partial charge in [0.25, 0.3) is 0 Å². The first-order valence-corrected chi connectivity index (χ1v) is 6.09. The summed E-state index contributed by atoms with van der Waals surface area (Å²) in [6, 6.07) is 16.5. The first-order valence-electron chi connectivity index (χ1n) is 5.21. The van der Waals surface area contributed by atoms with Crippen molar-refractivity contribution < 1.29 is 0 Å². The summed E-state index contributed by atoms with van der Waals surface area (Å²) in [7, 11) is 0. The first-order chi connectivity index (χ1) is 8.36. The number of aromatic nitrogens is 1. The number of thiazole rings is 1. The molecule has 0 radical (unpaired) electrons. The van der Waals surface area contributed by atoms with Crippen molar-refractivity contribution in [2.75, 3.05) is 0 Å². The summed E-state index contributed by atoms with van der Waals surface area (Å²) in [5.74, 6) is 0. The molecule has 0 N–H and O–H groups in total. The minimum Gasteiger partial charge on any atom is -0.226 e. The maximum Gasteiger partial charge on any atom is 0.194 e. The van der Waals surface area contributed by atoms with E-state index in [1.807, 2.05) is 23.6 Å². The molecular formula is C14H8N2S. The van der Waals surface area contributed by atoms with Gasteiger partial charge in [0, 0.05) is 10.9 Å². The molecule has 0 bridgehead atoms. The number of hydrogen-bond donors (Lipinski definition) is 0. The van der Waals surface area contributed by atoms with Crippen molar-refractivity contribution >= 4 is 22.1 Å². The highest BCUT2D eigenvalue weighted by molar-refractivity contribution is 7.10. The van der Waals surface area contributed by atoms with E-state index in [2.05, 4.69) is 35.3 Å². The monoisotopic (exact) mass is 236 g/mol. The van der Waals surface area contributed by atoms with Gasteiger partial charge in [-0.05, 0) is 16.8 Å². The molecule has 2 aromatic carbocycles. The van der Waals surface area contributed by atoms with Gasteiger partial charge in [-0.15, -0.1) is 11.3 Å². The van der Waals surface area contributed by atoms with E-state index >= 15 is 0 Å². The van der Waals surface area contributed by atoms with Crippen molar-refractivity contribution in [3.05, 3.63) is 52.9 Å². The second-order valence-corrected chi connectivity index (χ2v) is 4.57. The highest BCUT2D eigenvalue weighted by atomic mass is 32.1. The summed E-state index contributed by atoms with van der Waals surface area (Å²) in [4.78, 5) is 4.26. The molecule has 3 rings (SSSR count). The van der Waals surface area contributed by atoms with Crippen LogP contribution in [0.25, 0.3) is 22.0 Å². The van der Waals surface area contributed by atoms with Crippen LogP contribution in [0.1, 0.15) is 5.01 Å². The normalized spacial score (nSPS) is 10.3. The molecule has 80 valence electrons. The Morgan fingerprint density at radius 2 is 1.88 bits per heavy atom. The molecule has 0 aliphatic rings. The van der Waals surface area contributed by atoms with E-state index in [0.29, 0.717) is 5.01 Å². The van der Waals surface area contributed by atoms with E-state index in [1.54, 1.807) is 0 Å². The molecule has 0 saturated carbocycles. The Labute approximate surface area is 103 Å². The molecule has 1 heterocycles. The molecule has 0 fully saturated rings. The molecule has 0 spiro atoms. The van der Waals surface area contributed by atoms with E-state index in [1.165, 1.54) is 22.1 Å². The van der Waals surface area contributed by atoms with Gasteiger partial charge < -0.3 is 0 Å². The Morgan fingerprint density at radius 3 is 2.65 bits per heavy atom. The lowest BCUT2D eigenvalue weighted by molar-refractivity contribution is 1.35. The molecule has 17 heavy (non-hydrogen) atoms. The third-order valence-corrected chi connectivity index (χ3v) is 3.39. The van der Waals surface area contributed by atoms with Crippen molar-refractivity contribution in [2.45, 2.75) is 0 Å². The Bertz CT molecular complexity index is 722. The Kier molecular flexibility index (Phi) is 2.36. The highest BCUT2D eigenvalue weighted by Gasteiger charge is 2.04. The Balaban J connectivity index is 2.15. The summed E-state index contributed by atoms with van der Waals surface area (Å²) in [5.41, 5.74) is 1.93. The standard InChI is InChI=1S/C14H8N2S/c15-8-14-16-13(9-17-14)12-6-5-10-3-1-2-4-11(10)7-12/h1-7,9H. The summed E-state index contributed by atoms with van der Waals surface area (Å²) in [6.45, 7) is 0. The van der Waals surface area contributed by atoms with Crippen LogP contribution in [0, 0.1) is 11.3 Å². The zero-order chi connectivity index (χ0) is 11.7. The molecule has 1 aromatic heterocycles. The van der Waals surface area contributed by atoms with Gasteiger partial charge >= 0.3 is 0 Å². The van der Waals surface area contributed by atoms with Gasteiger partial charge in [-0.25, -0.2) is 4.98 Å². The molecule has 0 saturated heterocycles. The molecule has 0 aliphatic heterocycles. The summed E-state index contributed by atoms with van der Waals surface area (Å²) in [5, 5.41) is 13.6. The van der Waals surface area contributed by atoms with Crippen LogP contribution in [0.15, 0.2) is 47.8 Å². The van der Waals surface area contributed by atoms with Gasteiger partial charge in [0.05, 0.1) is 5.69 Å². The van der Waals surface area contributed by atoms with E-state index in [9.17, 15) is 0 Å². The average Bonchev–Trinajstić information content (AvgIpc) is 2.87. The molecule has 0 unspecified atom stereocenters. The smallest absolute Gasteiger partial charge is 0.194 e. The Morgan fingerprint density at radius 1 is 1.06 bits per heavy atom. The number of nitrogens with zero attached hydrogens (tertiary/aromatic N) is 2. The quantitative estimate of drug-likeness (QED) is 0.643. The van der Waals surface area contributed by atoms with Crippen molar-refractivity contribution in [3.8, 4) is 17.3 Å². The van der Waals surface area contributed by atoms with Gasteiger partial charge in [0.15, 0.2) is 5.01 Å². The van der Waals surface area contributed by atoms with E-state index in [4.69, 9.17) is 5.26 Å². The summed E-state index contributed by atoms with van der Waals surface area (Å²) in [6.07, 6.45) is 0. The van der Waals surface area contributed by atoms with Gasteiger partial charge in [-0.3, -0.25) is 0 Å². The average molecular weight is 236 g/mol. The van der Waals surface area contributed by atoms with Crippen molar-refractivity contribution in [2.24, 2.45) is 0 Å². The number of fused-ring (bicyclic) bond motifs is 1. The topological polar surface area (TPSA) is 36.7 Å². The van der Waals surface area contributed by atoms with Crippen molar-refractivity contribution in [3.63, 3.8) is 0 Å². The zero-order valence-electron chi connectivity index (χ0n) is 8.92. The minimum absolute atomic E-state index is 0.508. The molecule has 0 aliphatic carbocycles. The number of nitriles is 1. The van der Waals surface area contributed by atoms with Crippen LogP contribution in [0.5, 0.6) is 0 Å². The van der Waals surface area contributed by atoms with Crippen LogP contribution in [0.2, 0.25) is 0 Å². The summed E-state index contributed by atoms with van der Waals surface area (Å²) >= 11 is 1.38. The van der Waals surface area contributed by atoms with Crippen molar-refractivity contribution in [1.29, 1.82) is 5.26 Å². The number of hydrogen-bond acceptors (Lipinski definition) is 3. The predicted octanol–water partition coefficient (Wildman–Crippen LogP) is 3.83. The van der Waals surface area contributed by atoms with Gasteiger partial charge in [0.2, 0.25) is 0 Å². The van der Waals surface area contributed by atoms with Crippen LogP contribution < -0.4 is 0 Å². The van der Waals surface area contributed by atoms with Crippen LogP contribution in [0.4, 0.5) is 0 Å². The fraction of sp³-hybridized carbons (Fsp3) is 0. The fourth-order valence-electron chi connectivity index (χ4n) is 1.81. The SMILES string of the molecule is N#Cc1nc(-c2ccc3ccccc3c2)cs1. The molecule has 0 atom stereocenters. The van der Waals surface area contributed by atoms with Crippen LogP contribution in [-0.4, -0.2) is 4.98 Å². The molecule has 3 heteroatoms. The molecule has 3 aromatic rings. The van der Waals surface area contributed by atoms with Crippen LogP contribution >= 0.6 is 11.3 Å². The predicted molar refractivity (Wildman–Crippen MR) is 69.8 cm³/mol. The maximum absolute atomic E-state index is 8.77. The lowest BCUT2D eigenvalue weighted by Gasteiger charge is -2.00. The zero-order valence-corrected chi connectivity index (χ0v) is 9.74. The minimum atomic E-state index is 0.508. The molecular weight excluding hydrogens is 228 g/mol. The second kappa shape index (κ2) is 4.00. The van der Waals surface area contributed by atoms with Gasteiger partial charge in [0.1, 0.15) is 6.07 Å². The highest BCUT2D eigenvalue weighted by Crippen LogP contribution is 2.25. The fourth-order valence-corrected chi connectivity index (χ4v) is 2.42. The molecule has 2 nitrogen and oxygen atoms in total. The van der Waals surface area contributed by atoms with E-state index < -0.39 is 0 Å². The Hall–Kier alpha value is -2.18. The van der Waals surface area contributed by atoms with Crippen LogP contribution in [-0.2, 0) is 0 Å².